The van der Waals surface area contributed by atoms with E-state index in [-0.39, 0.29) is 0 Å². The number of halogens is 1. The highest BCUT2D eigenvalue weighted by Crippen LogP contribution is 2.21. The Hall–Kier alpha value is -1.82. The molecular formula is C11H10BrN3O2. The zero-order valence-electron chi connectivity index (χ0n) is 9.05. The van der Waals surface area contributed by atoms with Gasteiger partial charge in [0.2, 0.25) is 5.95 Å². The van der Waals surface area contributed by atoms with Crippen LogP contribution in [0.1, 0.15) is 10.4 Å². The number of benzene rings is 1. The average molecular weight is 296 g/mol. The summed E-state index contributed by atoms with van der Waals surface area (Å²) in [6.45, 7) is 0. The van der Waals surface area contributed by atoms with Crippen LogP contribution in [0.25, 0.3) is 5.69 Å². The van der Waals surface area contributed by atoms with Crippen molar-refractivity contribution in [3.05, 3.63) is 40.6 Å². The van der Waals surface area contributed by atoms with Crippen molar-refractivity contribution in [2.24, 2.45) is 0 Å². The molecule has 6 heteroatoms. The van der Waals surface area contributed by atoms with Crippen molar-refractivity contribution in [2.45, 2.75) is 0 Å². The van der Waals surface area contributed by atoms with Crippen molar-refractivity contribution >= 4 is 27.8 Å². The van der Waals surface area contributed by atoms with E-state index in [2.05, 4.69) is 20.9 Å². The third-order valence-electron chi connectivity index (χ3n) is 2.27. The second kappa shape index (κ2) is 4.58. The molecule has 0 aliphatic rings. The molecule has 0 aliphatic carbocycles. The molecule has 0 saturated heterocycles. The lowest BCUT2D eigenvalue weighted by Gasteiger charge is -2.09. The van der Waals surface area contributed by atoms with Gasteiger partial charge in [0.25, 0.3) is 0 Å². The summed E-state index contributed by atoms with van der Waals surface area (Å²) in [5, 5.41) is 0. The summed E-state index contributed by atoms with van der Waals surface area (Å²) in [6, 6.07) is 7.03. The van der Waals surface area contributed by atoms with Crippen molar-refractivity contribution in [3.8, 4) is 5.69 Å². The summed E-state index contributed by atoms with van der Waals surface area (Å²) < 4.78 is 6.95. The van der Waals surface area contributed by atoms with Crippen LogP contribution in [-0.2, 0) is 4.74 Å². The third-order valence-corrected chi connectivity index (χ3v) is 2.65. The van der Waals surface area contributed by atoms with Crippen LogP contribution < -0.4 is 5.73 Å². The number of carbonyl (C=O) groups is 1. The number of para-hydroxylation sites is 1. The zero-order chi connectivity index (χ0) is 12.4. The van der Waals surface area contributed by atoms with Crippen molar-refractivity contribution in [2.75, 3.05) is 12.8 Å². The maximum Gasteiger partial charge on any atom is 0.339 e. The molecule has 0 spiro atoms. The molecule has 0 amide bonds. The fourth-order valence-electron chi connectivity index (χ4n) is 1.52. The molecule has 0 fully saturated rings. The highest BCUT2D eigenvalue weighted by atomic mass is 79.9. The van der Waals surface area contributed by atoms with E-state index in [1.165, 1.54) is 7.11 Å². The van der Waals surface area contributed by atoms with Crippen LogP contribution in [0.4, 0.5) is 5.95 Å². The number of nitrogens with zero attached hydrogens (tertiary/aromatic N) is 2. The van der Waals surface area contributed by atoms with E-state index in [4.69, 9.17) is 10.5 Å². The monoisotopic (exact) mass is 295 g/mol. The topological polar surface area (TPSA) is 70.1 Å². The number of nitrogens with two attached hydrogens (primary N) is 1. The molecule has 1 aromatic carbocycles. The number of methoxy groups -OCH3 is 1. The molecule has 0 bridgehead atoms. The van der Waals surface area contributed by atoms with Crippen LogP contribution in [-0.4, -0.2) is 22.6 Å². The van der Waals surface area contributed by atoms with Crippen molar-refractivity contribution in [1.29, 1.82) is 0 Å². The normalized spacial score (nSPS) is 10.2. The maximum atomic E-state index is 11.6. The molecule has 1 aromatic heterocycles. The molecule has 0 aliphatic heterocycles. The lowest BCUT2D eigenvalue weighted by Crippen LogP contribution is -2.08. The second-order valence-electron chi connectivity index (χ2n) is 3.30. The Morgan fingerprint density at radius 3 is 2.76 bits per heavy atom. The molecule has 2 N–H and O–H groups in total. The Kier molecular flexibility index (Phi) is 3.14. The van der Waals surface area contributed by atoms with Gasteiger partial charge >= 0.3 is 5.97 Å². The van der Waals surface area contributed by atoms with E-state index >= 15 is 0 Å². The predicted molar refractivity (Wildman–Crippen MR) is 67.0 cm³/mol. The van der Waals surface area contributed by atoms with Gasteiger partial charge in [0, 0.05) is 6.20 Å². The molecule has 88 valence electrons. The summed E-state index contributed by atoms with van der Waals surface area (Å²) in [4.78, 5) is 15.6. The number of imidazole rings is 1. The van der Waals surface area contributed by atoms with Crippen molar-refractivity contribution in [3.63, 3.8) is 0 Å². The van der Waals surface area contributed by atoms with Gasteiger partial charge in [-0.05, 0) is 28.1 Å². The summed E-state index contributed by atoms with van der Waals surface area (Å²) in [7, 11) is 1.34. The highest BCUT2D eigenvalue weighted by molar-refractivity contribution is 9.10. The maximum absolute atomic E-state index is 11.6. The number of esters is 1. The molecular weight excluding hydrogens is 286 g/mol. The minimum atomic E-state index is -0.412. The molecule has 1 heterocycles. The standard InChI is InChI=1S/C11H10BrN3O2/c1-17-10(16)7-4-2-3-5-8(7)15-6-9(12)14-11(15)13/h2-6H,1H3,(H2,13,14). The summed E-state index contributed by atoms with van der Waals surface area (Å²) >= 11 is 3.23. The number of carbonyl (C=O) groups excluding carboxylic acids is 1. The van der Waals surface area contributed by atoms with Gasteiger partial charge in [-0.3, -0.25) is 4.57 Å². The first-order valence-electron chi connectivity index (χ1n) is 4.81. The molecule has 0 radical (unpaired) electrons. The quantitative estimate of drug-likeness (QED) is 0.861. The lowest BCUT2D eigenvalue weighted by atomic mass is 10.2. The summed E-state index contributed by atoms with van der Waals surface area (Å²) in [5.74, 6) is -0.113. The molecule has 0 atom stereocenters. The zero-order valence-corrected chi connectivity index (χ0v) is 10.6. The van der Waals surface area contributed by atoms with E-state index in [9.17, 15) is 4.79 Å². The number of aromatic nitrogens is 2. The average Bonchev–Trinajstić information content (AvgIpc) is 2.67. The molecule has 0 saturated carbocycles. The number of hydrogen-bond donors (Lipinski definition) is 1. The Labute approximate surface area is 106 Å². The van der Waals surface area contributed by atoms with Gasteiger partial charge in [0.1, 0.15) is 4.60 Å². The van der Waals surface area contributed by atoms with Gasteiger partial charge in [-0.15, -0.1) is 0 Å². The van der Waals surface area contributed by atoms with Gasteiger partial charge in [0.15, 0.2) is 0 Å². The smallest absolute Gasteiger partial charge is 0.339 e. The molecule has 17 heavy (non-hydrogen) atoms. The first kappa shape index (κ1) is 11.7. The van der Waals surface area contributed by atoms with Crippen LogP contribution in [0.2, 0.25) is 0 Å². The number of hydrogen-bond acceptors (Lipinski definition) is 4. The first-order valence-corrected chi connectivity index (χ1v) is 5.61. The van der Waals surface area contributed by atoms with Crippen LogP contribution >= 0.6 is 15.9 Å². The van der Waals surface area contributed by atoms with E-state index in [1.807, 2.05) is 6.07 Å². The van der Waals surface area contributed by atoms with E-state index in [0.29, 0.717) is 21.8 Å². The summed E-state index contributed by atoms with van der Waals surface area (Å²) in [6.07, 6.45) is 1.69. The molecule has 0 unspecified atom stereocenters. The fraction of sp³-hybridized carbons (Fsp3) is 0.0909. The Morgan fingerprint density at radius 2 is 2.18 bits per heavy atom. The Morgan fingerprint density at radius 1 is 1.47 bits per heavy atom. The Balaban J connectivity index is 2.59. The lowest BCUT2D eigenvalue weighted by molar-refractivity contribution is 0.0601. The van der Waals surface area contributed by atoms with E-state index in [0.717, 1.165) is 0 Å². The predicted octanol–water partition coefficient (Wildman–Crippen LogP) is 2.00. The van der Waals surface area contributed by atoms with Gasteiger partial charge < -0.3 is 10.5 Å². The van der Waals surface area contributed by atoms with Gasteiger partial charge in [-0.1, -0.05) is 12.1 Å². The van der Waals surface area contributed by atoms with Crippen LogP contribution in [0.5, 0.6) is 0 Å². The number of ether oxygens (including phenoxy) is 1. The minimum absolute atomic E-state index is 0.299. The highest BCUT2D eigenvalue weighted by Gasteiger charge is 2.14. The molecule has 2 rings (SSSR count). The van der Waals surface area contributed by atoms with Crippen LogP contribution in [0, 0.1) is 0 Å². The van der Waals surface area contributed by atoms with Crippen LogP contribution in [0.15, 0.2) is 35.1 Å². The minimum Gasteiger partial charge on any atom is -0.465 e. The van der Waals surface area contributed by atoms with Crippen molar-refractivity contribution < 1.29 is 9.53 Å². The number of anilines is 1. The number of rotatable bonds is 2. The SMILES string of the molecule is COC(=O)c1ccccc1-n1cc(Br)nc1N. The molecule has 5 nitrogen and oxygen atoms in total. The van der Waals surface area contributed by atoms with Gasteiger partial charge in [-0.2, -0.15) is 0 Å². The van der Waals surface area contributed by atoms with Crippen molar-refractivity contribution in [1.82, 2.24) is 9.55 Å². The van der Waals surface area contributed by atoms with E-state index < -0.39 is 5.97 Å². The van der Waals surface area contributed by atoms with Gasteiger partial charge in [-0.25, -0.2) is 9.78 Å². The van der Waals surface area contributed by atoms with Crippen LogP contribution in [0.3, 0.4) is 0 Å². The summed E-state index contributed by atoms with van der Waals surface area (Å²) in [5.41, 5.74) is 6.82. The van der Waals surface area contributed by atoms with E-state index in [1.54, 1.807) is 29.0 Å². The number of nitrogen functional groups attached to an aromatic ring is 1. The molecule has 2 aromatic rings. The first-order chi connectivity index (χ1) is 8.13. The van der Waals surface area contributed by atoms with Gasteiger partial charge in [0.05, 0.1) is 18.4 Å². The second-order valence-corrected chi connectivity index (χ2v) is 4.11. The largest absolute Gasteiger partial charge is 0.465 e. The Bertz CT molecular complexity index is 566. The fourth-order valence-corrected chi connectivity index (χ4v) is 1.91. The third kappa shape index (κ3) is 2.16.